The Labute approximate surface area is 139 Å². The van der Waals surface area contributed by atoms with Crippen molar-refractivity contribution in [3.05, 3.63) is 84.4 Å². The summed E-state index contributed by atoms with van der Waals surface area (Å²) in [6.07, 6.45) is 1.57. The van der Waals surface area contributed by atoms with Gasteiger partial charge in [0.25, 0.3) is 0 Å². The van der Waals surface area contributed by atoms with Crippen LogP contribution in [0.15, 0.2) is 73.3 Å². The number of hydrogen-bond donors (Lipinski definition) is 0. The van der Waals surface area contributed by atoms with E-state index in [-0.39, 0.29) is 12.3 Å². The molecule has 2 aromatic rings. The number of ether oxygens (including phenoxy) is 2. The zero-order valence-electron chi connectivity index (χ0n) is 13.9. The molecule has 0 fully saturated rings. The molecule has 1 atom stereocenters. The van der Waals surface area contributed by atoms with Crippen molar-refractivity contribution in [2.75, 3.05) is 20.8 Å². The van der Waals surface area contributed by atoms with Crippen LogP contribution in [0.1, 0.15) is 17.2 Å². The van der Waals surface area contributed by atoms with Crippen molar-refractivity contribution in [3.8, 4) is 0 Å². The molecule has 0 N–H and O–H groups in total. The van der Waals surface area contributed by atoms with Crippen LogP contribution in [0, 0.1) is 0 Å². The highest BCUT2D eigenvalue weighted by Gasteiger charge is 2.28. The van der Waals surface area contributed by atoms with Crippen LogP contribution in [0.4, 0.5) is 0 Å². The van der Waals surface area contributed by atoms with Gasteiger partial charge in [0, 0.05) is 27.3 Å². The van der Waals surface area contributed by atoms with Crippen LogP contribution in [0.3, 0.4) is 0 Å². The van der Waals surface area contributed by atoms with Gasteiger partial charge in [0.05, 0.1) is 6.04 Å². The molecule has 3 nitrogen and oxygen atoms in total. The van der Waals surface area contributed by atoms with E-state index in [0.29, 0.717) is 0 Å². The van der Waals surface area contributed by atoms with E-state index in [1.807, 2.05) is 30.3 Å². The fraction of sp³-hybridized carbons (Fsp3) is 0.300. The molecule has 0 aliphatic carbocycles. The first kappa shape index (κ1) is 17.4. The van der Waals surface area contributed by atoms with Crippen molar-refractivity contribution in [2.24, 2.45) is 0 Å². The molecule has 0 amide bonds. The molecule has 3 heteroatoms. The Bertz CT molecular complexity index is 567. The van der Waals surface area contributed by atoms with E-state index in [2.05, 4.69) is 47.9 Å². The molecule has 122 valence electrons. The fourth-order valence-electron chi connectivity index (χ4n) is 2.80. The van der Waals surface area contributed by atoms with Crippen molar-refractivity contribution in [1.29, 1.82) is 0 Å². The van der Waals surface area contributed by atoms with Crippen molar-refractivity contribution in [2.45, 2.75) is 18.9 Å². The molecule has 0 spiro atoms. The fourth-order valence-corrected chi connectivity index (χ4v) is 2.80. The van der Waals surface area contributed by atoms with Crippen molar-refractivity contribution >= 4 is 0 Å². The van der Waals surface area contributed by atoms with Gasteiger partial charge in [-0.1, -0.05) is 66.7 Å². The number of nitrogens with zero attached hydrogens (tertiary/aromatic N) is 1. The molecule has 0 radical (unpaired) electrons. The monoisotopic (exact) mass is 311 g/mol. The third kappa shape index (κ3) is 4.76. The van der Waals surface area contributed by atoms with E-state index in [9.17, 15) is 0 Å². The molecule has 0 aliphatic heterocycles. The zero-order chi connectivity index (χ0) is 16.5. The Morgan fingerprint density at radius 2 is 1.52 bits per heavy atom. The van der Waals surface area contributed by atoms with E-state index in [0.717, 1.165) is 13.1 Å². The second kappa shape index (κ2) is 9.26. The summed E-state index contributed by atoms with van der Waals surface area (Å²) in [5.41, 5.74) is 2.42. The Balaban J connectivity index is 2.33. The molecule has 23 heavy (non-hydrogen) atoms. The van der Waals surface area contributed by atoms with Gasteiger partial charge in [0.15, 0.2) is 6.29 Å². The predicted molar refractivity (Wildman–Crippen MR) is 94.0 cm³/mol. The van der Waals surface area contributed by atoms with Crippen LogP contribution < -0.4 is 0 Å². The lowest BCUT2D eigenvalue weighted by Crippen LogP contribution is -2.38. The summed E-state index contributed by atoms with van der Waals surface area (Å²) in [4.78, 5) is 2.31. The van der Waals surface area contributed by atoms with Gasteiger partial charge < -0.3 is 9.47 Å². The molecule has 0 bridgehead atoms. The van der Waals surface area contributed by atoms with Crippen molar-refractivity contribution in [1.82, 2.24) is 4.90 Å². The number of methoxy groups -OCH3 is 2. The lowest BCUT2D eigenvalue weighted by molar-refractivity contribution is -0.149. The summed E-state index contributed by atoms with van der Waals surface area (Å²) in [5, 5.41) is 0. The maximum Gasteiger partial charge on any atom is 0.176 e. The molecule has 2 rings (SSSR count). The number of benzene rings is 2. The van der Waals surface area contributed by atoms with Crippen molar-refractivity contribution < 1.29 is 9.47 Å². The molecule has 0 saturated heterocycles. The van der Waals surface area contributed by atoms with E-state index in [4.69, 9.17) is 9.47 Å². The molecule has 2 aromatic carbocycles. The predicted octanol–water partition coefficient (Wildman–Crippen LogP) is 4.03. The number of rotatable bonds is 9. The lowest BCUT2D eigenvalue weighted by Gasteiger charge is -2.35. The van der Waals surface area contributed by atoms with Crippen LogP contribution in [0.5, 0.6) is 0 Å². The molecular weight excluding hydrogens is 286 g/mol. The van der Waals surface area contributed by atoms with Gasteiger partial charge in [-0.15, -0.1) is 6.58 Å². The molecule has 0 heterocycles. The molecule has 0 aliphatic rings. The summed E-state index contributed by atoms with van der Waals surface area (Å²) >= 11 is 0. The molecule has 0 aromatic heterocycles. The third-order valence-corrected chi connectivity index (χ3v) is 3.85. The highest BCUT2D eigenvalue weighted by Crippen LogP contribution is 2.28. The van der Waals surface area contributed by atoms with Crippen LogP contribution in [-0.4, -0.2) is 32.0 Å². The second-order valence-corrected chi connectivity index (χ2v) is 5.40. The van der Waals surface area contributed by atoms with Crippen LogP contribution in [-0.2, 0) is 16.0 Å². The minimum absolute atomic E-state index is 0.00981. The van der Waals surface area contributed by atoms with Gasteiger partial charge in [0.1, 0.15) is 0 Å². The Morgan fingerprint density at radius 3 is 2.04 bits per heavy atom. The first-order valence-electron chi connectivity index (χ1n) is 7.79. The quantitative estimate of drug-likeness (QED) is 0.515. The highest BCUT2D eigenvalue weighted by atomic mass is 16.7. The molecule has 1 unspecified atom stereocenters. The maximum atomic E-state index is 5.58. The zero-order valence-corrected chi connectivity index (χ0v) is 13.9. The Kier molecular flexibility index (Phi) is 7.01. The summed E-state index contributed by atoms with van der Waals surface area (Å²) in [5.74, 6) is 0. The maximum absolute atomic E-state index is 5.58. The summed E-state index contributed by atoms with van der Waals surface area (Å²) < 4.78 is 11.2. The van der Waals surface area contributed by atoms with E-state index >= 15 is 0 Å². The lowest BCUT2D eigenvalue weighted by atomic mass is 10.0. The summed E-state index contributed by atoms with van der Waals surface area (Å²) in [7, 11) is 3.36. The first-order chi connectivity index (χ1) is 11.3. The standard InChI is InChI=1S/C20H25NO2/c1-4-15-21(16-17-11-7-5-8-12-17)19(20(22-2)23-3)18-13-9-6-10-14-18/h4-14,19-20H,1,15-16H2,2-3H3. The Morgan fingerprint density at radius 1 is 0.957 bits per heavy atom. The van der Waals surface area contributed by atoms with Gasteiger partial charge in [-0.2, -0.15) is 0 Å². The van der Waals surface area contributed by atoms with Gasteiger partial charge in [-0.25, -0.2) is 0 Å². The average molecular weight is 311 g/mol. The van der Waals surface area contributed by atoms with E-state index in [1.54, 1.807) is 14.2 Å². The van der Waals surface area contributed by atoms with Gasteiger partial charge in [-0.05, 0) is 11.1 Å². The second-order valence-electron chi connectivity index (χ2n) is 5.40. The minimum Gasteiger partial charge on any atom is -0.354 e. The number of hydrogen-bond acceptors (Lipinski definition) is 3. The smallest absolute Gasteiger partial charge is 0.176 e. The topological polar surface area (TPSA) is 21.7 Å². The Hall–Kier alpha value is -1.94. The normalized spacial score (nSPS) is 12.5. The van der Waals surface area contributed by atoms with Gasteiger partial charge in [-0.3, -0.25) is 4.90 Å². The van der Waals surface area contributed by atoms with Crippen molar-refractivity contribution in [3.63, 3.8) is 0 Å². The van der Waals surface area contributed by atoms with Gasteiger partial charge >= 0.3 is 0 Å². The average Bonchev–Trinajstić information content (AvgIpc) is 2.61. The largest absolute Gasteiger partial charge is 0.354 e. The molecule has 0 saturated carbocycles. The SMILES string of the molecule is C=CCN(Cc1ccccc1)C(c1ccccc1)C(OC)OC. The van der Waals surface area contributed by atoms with E-state index in [1.165, 1.54) is 11.1 Å². The van der Waals surface area contributed by atoms with Gasteiger partial charge in [0.2, 0.25) is 0 Å². The van der Waals surface area contributed by atoms with Crippen LogP contribution in [0.2, 0.25) is 0 Å². The first-order valence-corrected chi connectivity index (χ1v) is 7.79. The third-order valence-electron chi connectivity index (χ3n) is 3.85. The minimum atomic E-state index is -0.346. The highest BCUT2D eigenvalue weighted by molar-refractivity contribution is 5.21. The summed E-state index contributed by atoms with van der Waals surface area (Å²) in [6.45, 7) is 5.45. The summed E-state index contributed by atoms with van der Waals surface area (Å²) in [6, 6.07) is 20.7. The molecular formula is C20H25NO2. The van der Waals surface area contributed by atoms with Crippen LogP contribution >= 0.6 is 0 Å². The van der Waals surface area contributed by atoms with E-state index < -0.39 is 0 Å². The van der Waals surface area contributed by atoms with Crippen LogP contribution in [0.25, 0.3) is 0 Å².